The number of aromatic nitrogens is 2. The molecule has 0 bridgehead atoms. The lowest BCUT2D eigenvalue weighted by molar-refractivity contribution is 0.0952. The molecule has 23 heavy (non-hydrogen) atoms. The van der Waals surface area contributed by atoms with Crippen LogP contribution >= 0.6 is 0 Å². The maximum absolute atomic E-state index is 12.4. The minimum absolute atomic E-state index is 0.0648. The predicted octanol–water partition coefficient (Wildman–Crippen LogP) is 2.64. The van der Waals surface area contributed by atoms with Crippen molar-refractivity contribution in [1.29, 1.82) is 0 Å². The van der Waals surface area contributed by atoms with E-state index in [4.69, 9.17) is 0 Å². The normalized spacial score (nSPS) is 11.0. The Kier molecular flexibility index (Phi) is 5.93. The van der Waals surface area contributed by atoms with E-state index in [-0.39, 0.29) is 11.8 Å². The summed E-state index contributed by atoms with van der Waals surface area (Å²) in [4.78, 5) is 12.4. The maximum Gasteiger partial charge on any atom is 0.254 e. The van der Waals surface area contributed by atoms with Gasteiger partial charge >= 0.3 is 0 Å². The highest BCUT2D eigenvalue weighted by Crippen LogP contribution is 2.23. The fourth-order valence-corrected chi connectivity index (χ4v) is 2.52. The third-order valence-corrected chi connectivity index (χ3v) is 3.71. The van der Waals surface area contributed by atoms with Crippen molar-refractivity contribution in [3.8, 4) is 5.69 Å². The number of amides is 1. The Morgan fingerprint density at radius 3 is 2.52 bits per heavy atom. The molecule has 1 heterocycles. The summed E-state index contributed by atoms with van der Waals surface area (Å²) < 4.78 is 1.86. The average Bonchev–Trinajstić information content (AvgIpc) is 2.97. The Balaban J connectivity index is 2.24. The lowest BCUT2D eigenvalue weighted by Gasteiger charge is -2.13. The van der Waals surface area contributed by atoms with Crippen LogP contribution in [0.4, 0.5) is 0 Å². The lowest BCUT2D eigenvalue weighted by atomic mass is 10.0. The number of hydrogen-bond donors (Lipinski definition) is 2. The fraction of sp³-hybridized carbons (Fsp3) is 0.444. The van der Waals surface area contributed by atoms with E-state index in [2.05, 4.69) is 48.6 Å². The van der Waals surface area contributed by atoms with Gasteiger partial charge in [0, 0.05) is 13.1 Å². The molecule has 1 aromatic heterocycles. The summed E-state index contributed by atoms with van der Waals surface area (Å²) in [6.45, 7) is 10.5. The van der Waals surface area contributed by atoms with Gasteiger partial charge in [-0.25, -0.2) is 4.68 Å². The van der Waals surface area contributed by atoms with E-state index < -0.39 is 0 Å². The second-order valence-electron chi connectivity index (χ2n) is 5.95. The Hall–Kier alpha value is -2.14. The molecule has 0 unspecified atom stereocenters. The minimum Gasteiger partial charge on any atom is -0.351 e. The van der Waals surface area contributed by atoms with Crippen LogP contribution in [0.5, 0.6) is 0 Å². The summed E-state index contributed by atoms with van der Waals surface area (Å²) in [5.74, 6) is 0.137. The van der Waals surface area contributed by atoms with E-state index in [9.17, 15) is 4.79 Å². The highest BCUT2D eigenvalue weighted by Gasteiger charge is 2.20. The minimum atomic E-state index is -0.0648. The molecule has 0 saturated heterocycles. The summed E-state index contributed by atoms with van der Waals surface area (Å²) in [5, 5.41) is 10.6. The molecule has 0 aliphatic carbocycles. The number of carbonyl (C=O) groups excluding carboxylic acids is 1. The first-order valence-electron chi connectivity index (χ1n) is 8.18. The van der Waals surface area contributed by atoms with Crippen molar-refractivity contribution >= 4 is 5.91 Å². The van der Waals surface area contributed by atoms with Gasteiger partial charge in [0.2, 0.25) is 0 Å². The molecule has 1 aromatic carbocycles. The first-order valence-corrected chi connectivity index (χ1v) is 8.18. The van der Waals surface area contributed by atoms with Gasteiger partial charge < -0.3 is 10.6 Å². The Morgan fingerprint density at radius 1 is 1.22 bits per heavy atom. The quantitative estimate of drug-likeness (QED) is 0.773. The molecule has 2 rings (SSSR count). The zero-order chi connectivity index (χ0) is 16.8. The molecule has 5 nitrogen and oxygen atoms in total. The van der Waals surface area contributed by atoms with E-state index in [1.54, 1.807) is 6.20 Å². The fourth-order valence-electron chi connectivity index (χ4n) is 2.52. The van der Waals surface area contributed by atoms with Gasteiger partial charge in [-0.1, -0.05) is 38.5 Å². The molecular weight excluding hydrogens is 288 g/mol. The Labute approximate surface area is 138 Å². The van der Waals surface area contributed by atoms with Crippen molar-refractivity contribution in [3.63, 3.8) is 0 Å². The lowest BCUT2D eigenvalue weighted by Crippen LogP contribution is -2.32. The largest absolute Gasteiger partial charge is 0.351 e. The number of nitrogens with zero attached hydrogens (tertiary/aromatic N) is 2. The number of likely N-dealkylation sites (N-methyl/N-ethyl adjacent to an activating group) is 1. The second-order valence-corrected chi connectivity index (χ2v) is 5.95. The molecule has 2 N–H and O–H groups in total. The van der Waals surface area contributed by atoms with Crippen LogP contribution in [0.15, 0.2) is 30.5 Å². The van der Waals surface area contributed by atoms with Crippen LogP contribution in [0, 0.1) is 6.92 Å². The topological polar surface area (TPSA) is 58.9 Å². The highest BCUT2D eigenvalue weighted by atomic mass is 16.1. The second kappa shape index (κ2) is 7.92. The molecule has 0 spiro atoms. The summed E-state index contributed by atoms with van der Waals surface area (Å²) in [6.07, 6.45) is 1.66. The van der Waals surface area contributed by atoms with Crippen molar-refractivity contribution < 1.29 is 4.79 Å². The van der Waals surface area contributed by atoms with Crippen LogP contribution < -0.4 is 10.6 Å². The molecule has 0 aliphatic rings. The molecule has 0 radical (unpaired) electrons. The van der Waals surface area contributed by atoms with Crippen molar-refractivity contribution in [2.75, 3.05) is 19.6 Å². The van der Waals surface area contributed by atoms with Gasteiger partial charge in [-0.3, -0.25) is 4.79 Å². The first-order chi connectivity index (χ1) is 11.0. The molecule has 124 valence electrons. The Bertz CT molecular complexity index is 644. The van der Waals surface area contributed by atoms with E-state index in [1.807, 2.05) is 23.7 Å². The van der Waals surface area contributed by atoms with Crippen LogP contribution in [0.1, 0.15) is 48.3 Å². The summed E-state index contributed by atoms with van der Waals surface area (Å²) in [5.41, 5.74) is 3.77. The monoisotopic (exact) mass is 314 g/mol. The van der Waals surface area contributed by atoms with Crippen LogP contribution in [0.3, 0.4) is 0 Å². The third-order valence-electron chi connectivity index (χ3n) is 3.71. The molecule has 0 saturated carbocycles. The van der Waals surface area contributed by atoms with Gasteiger partial charge in [0.15, 0.2) is 0 Å². The average molecular weight is 314 g/mol. The molecule has 2 aromatic rings. The van der Waals surface area contributed by atoms with Crippen molar-refractivity contribution in [2.45, 2.75) is 33.6 Å². The molecule has 0 fully saturated rings. The number of hydrogen-bond acceptors (Lipinski definition) is 3. The summed E-state index contributed by atoms with van der Waals surface area (Å²) >= 11 is 0. The maximum atomic E-state index is 12.4. The van der Waals surface area contributed by atoms with Crippen LogP contribution in [-0.2, 0) is 0 Å². The van der Waals surface area contributed by atoms with Crippen LogP contribution in [0.2, 0.25) is 0 Å². The molecule has 0 aliphatic heterocycles. The van der Waals surface area contributed by atoms with Crippen molar-refractivity contribution in [3.05, 3.63) is 47.3 Å². The SMILES string of the molecule is CCNCCNC(=O)c1cnn(-c2ccc(C)cc2)c1C(C)C. The van der Waals surface area contributed by atoms with Gasteiger partial charge in [-0.2, -0.15) is 5.10 Å². The van der Waals surface area contributed by atoms with Gasteiger partial charge in [0.25, 0.3) is 5.91 Å². The van der Waals surface area contributed by atoms with Gasteiger partial charge in [0.1, 0.15) is 0 Å². The number of rotatable bonds is 7. The zero-order valence-corrected chi connectivity index (χ0v) is 14.4. The van der Waals surface area contributed by atoms with Gasteiger partial charge in [0.05, 0.1) is 23.1 Å². The molecular formula is C18H26N4O. The van der Waals surface area contributed by atoms with E-state index >= 15 is 0 Å². The molecule has 0 atom stereocenters. The van der Waals surface area contributed by atoms with E-state index in [0.29, 0.717) is 12.1 Å². The van der Waals surface area contributed by atoms with Crippen molar-refractivity contribution in [1.82, 2.24) is 20.4 Å². The number of aryl methyl sites for hydroxylation is 1. The first kappa shape index (κ1) is 17.2. The Morgan fingerprint density at radius 2 is 1.91 bits per heavy atom. The predicted molar refractivity (Wildman–Crippen MR) is 93.3 cm³/mol. The highest BCUT2D eigenvalue weighted by molar-refractivity contribution is 5.95. The standard InChI is InChI=1S/C18H26N4O/c1-5-19-10-11-20-18(23)16-12-21-22(17(16)13(2)3)15-8-6-14(4)7-9-15/h6-9,12-13,19H,5,10-11H2,1-4H3,(H,20,23). The smallest absolute Gasteiger partial charge is 0.254 e. The number of benzene rings is 1. The summed E-state index contributed by atoms with van der Waals surface area (Å²) in [7, 11) is 0. The van der Waals surface area contributed by atoms with Gasteiger partial charge in [-0.05, 0) is 31.5 Å². The summed E-state index contributed by atoms with van der Waals surface area (Å²) in [6, 6.07) is 8.16. The zero-order valence-electron chi connectivity index (χ0n) is 14.4. The van der Waals surface area contributed by atoms with Crippen molar-refractivity contribution in [2.24, 2.45) is 0 Å². The van der Waals surface area contributed by atoms with E-state index in [0.717, 1.165) is 24.5 Å². The van der Waals surface area contributed by atoms with Gasteiger partial charge in [-0.15, -0.1) is 0 Å². The molecule has 1 amide bonds. The van der Waals surface area contributed by atoms with Crippen LogP contribution in [0.25, 0.3) is 5.69 Å². The number of nitrogens with one attached hydrogen (secondary N) is 2. The van der Waals surface area contributed by atoms with Crippen LogP contribution in [-0.4, -0.2) is 35.3 Å². The third kappa shape index (κ3) is 4.20. The molecule has 5 heteroatoms. The number of carbonyl (C=O) groups is 1. The van der Waals surface area contributed by atoms with E-state index in [1.165, 1.54) is 5.56 Å².